The van der Waals surface area contributed by atoms with Crippen LogP contribution in [0.1, 0.15) is 12.0 Å². The smallest absolute Gasteiger partial charge is 0.226 e. The van der Waals surface area contributed by atoms with E-state index >= 15 is 0 Å². The van der Waals surface area contributed by atoms with E-state index in [1.54, 1.807) is 7.11 Å². The molecule has 0 saturated heterocycles. The minimum absolute atomic E-state index is 0.0111. The van der Waals surface area contributed by atoms with Gasteiger partial charge in [0.05, 0.1) is 12.8 Å². The molecule has 2 aromatic rings. The number of anilines is 2. The van der Waals surface area contributed by atoms with Gasteiger partial charge in [0.15, 0.2) is 0 Å². The number of hydrogen-bond acceptors (Lipinski definition) is 3. The quantitative estimate of drug-likeness (QED) is 0.854. The number of aryl methyl sites for hydroxylation is 1. The van der Waals surface area contributed by atoms with Gasteiger partial charge in [-0.2, -0.15) is 0 Å². The molecule has 0 saturated carbocycles. The summed E-state index contributed by atoms with van der Waals surface area (Å²) in [5.74, 6) is 0.764. The van der Waals surface area contributed by atoms with Crippen LogP contribution in [0.25, 0.3) is 0 Å². The van der Waals surface area contributed by atoms with Crippen LogP contribution in [-0.4, -0.2) is 19.6 Å². The van der Waals surface area contributed by atoms with Gasteiger partial charge in [0, 0.05) is 18.7 Å². The molecule has 0 aliphatic rings. The molecule has 2 aromatic carbocycles. The third kappa shape index (κ3) is 4.53. The molecule has 1 amide bonds. The zero-order valence-corrected chi connectivity index (χ0v) is 12.3. The van der Waals surface area contributed by atoms with E-state index in [4.69, 9.17) is 4.74 Å². The SMILES string of the molecule is COc1ccccc1NCCC(=O)Nc1cccc(C)c1. The minimum Gasteiger partial charge on any atom is -0.495 e. The number of para-hydroxylation sites is 2. The van der Waals surface area contributed by atoms with Crippen molar-refractivity contribution in [2.24, 2.45) is 0 Å². The Bertz CT molecular complexity index is 611. The molecule has 0 spiro atoms. The summed E-state index contributed by atoms with van der Waals surface area (Å²) in [5.41, 5.74) is 2.85. The predicted octanol–water partition coefficient (Wildman–Crippen LogP) is 3.44. The maximum Gasteiger partial charge on any atom is 0.226 e. The monoisotopic (exact) mass is 284 g/mol. The van der Waals surface area contributed by atoms with Crippen LogP contribution in [-0.2, 0) is 4.79 Å². The highest BCUT2D eigenvalue weighted by atomic mass is 16.5. The van der Waals surface area contributed by atoms with Crippen molar-refractivity contribution in [2.45, 2.75) is 13.3 Å². The van der Waals surface area contributed by atoms with Crippen LogP contribution in [0.4, 0.5) is 11.4 Å². The molecule has 0 atom stereocenters. The first-order chi connectivity index (χ1) is 10.2. The van der Waals surface area contributed by atoms with Gasteiger partial charge >= 0.3 is 0 Å². The summed E-state index contributed by atoms with van der Waals surface area (Å²) < 4.78 is 5.25. The highest BCUT2D eigenvalue weighted by molar-refractivity contribution is 5.91. The zero-order valence-electron chi connectivity index (χ0n) is 12.3. The van der Waals surface area contributed by atoms with E-state index < -0.39 is 0 Å². The van der Waals surface area contributed by atoms with Gasteiger partial charge in [0.25, 0.3) is 0 Å². The van der Waals surface area contributed by atoms with Gasteiger partial charge in [0.2, 0.25) is 5.91 Å². The fourth-order valence-electron chi connectivity index (χ4n) is 2.05. The third-order valence-corrected chi connectivity index (χ3v) is 3.08. The van der Waals surface area contributed by atoms with Gasteiger partial charge < -0.3 is 15.4 Å². The number of hydrogen-bond donors (Lipinski definition) is 2. The van der Waals surface area contributed by atoms with E-state index in [0.717, 1.165) is 22.7 Å². The van der Waals surface area contributed by atoms with Crippen molar-refractivity contribution in [3.8, 4) is 5.75 Å². The number of ether oxygens (including phenoxy) is 1. The van der Waals surface area contributed by atoms with E-state index in [-0.39, 0.29) is 5.91 Å². The van der Waals surface area contributed by atoms with Crippen LogP contribution in [0.2, 0.25) is 0 Å². The van der Waals surface area contributed by atoms with Crippen LogP contribution >= 0.6 is 0 Å². The molecule has 0 radical (unpaired) electrons. The molecule has 0 aliphatic carbocycles. The second-order valence-electron chi connectivity index (χ2n) is 4.79. The Kier molecular flexibility index (Phi) is 5.21. The van der Waals surface area contributed by atoms with Gasteiger partial charge in [-0.3, -0.25) is 4.79 Å². The van der Waals surface area contributed by atoms with Crippen LogP contribution in [0.15, 0.2) is 48.5 Å². The van der Waals surface area contributed by atoms with E-state index in [9.17, 15) is 4.79 Å². The molecule has 110 valence electrons. The Balaban J connectivity index is 1.82. The van der Waals surface area contributed by atoms with Crippen molar-refractivity contribution in [1.82, 2.24) is 0 Å². The summed E-state index contributed by atoms with van der Waals surface area (Å²) >= 11 is 0. The lowest BCUT2D eigenvalue weighted by atomic mass is 10.2. The maximum atomic E-state index is 11.9. The molecule has 4 nitrogen and oxygen atoms in total. The Morgan fingerprint density at radius 1 is 1.14 bits per heavy atom. The number of amides is 1. The Morgan fingerprint density at radius 2 is 1.95 bits per heavy atom. The van der Waals surface area contributed by atoms with Gasteiger partial charge in [-0.05, 0) is 36.8 Å². The van der Waals surface area contributed by atoms with Crippen LogP contribution in [0, 0.1) is 6.92 Å². The number of nitrogens with one attached hydrogen (secondary N) is 2. The Labute approximate surface area is 125 Å². The predicted molar refractivity (Wildman–Crippen MR) is 85.9 cm³/mol. The summed E-state index contributed by atoms with van der Waals surface area (Å²) in [6.45, 7) is 2.55. The minimum atomic E-state index is -0.0111. The molecular weight excluding hydrogens is 264 g/mol. The van der Waals surface area contributed by atoms with Crippen molar-refractivity contribution in [1.29, 1.82) is 0 Å². The van der Waals surface area contributed by atoms with Crippen LogP contribution < -0.4 is 15.4 Å². The topological polar surface area (TPSA) is 50.4 Å². The van der Waals surface area contributed by atoms with Crippen molar-refractivity contribution in [3.63, 3.8) is 0 Å². The molecule has 0 aromatic heterocycles. The third-order valence-electron chi connectivity index (χ3n) is 3.08. The molecule has 0 aliphatic heterocycles. The first-order valence-electron chi connectivity index (χ1n) is 6.92. The largest absolute Gasteiger partial charge is 0.495 e. The van der Waals surface area contributed by atoms with E-state index in [0.29, 0.717) is 13.0 Å². The summed E-state index contributed by atoms with van der Waals surface area (Å²) in [5, 5.41) is 6.09. The van der Waals surface area contributed by atoms with Gasteiger partial charge in [-0.15, -0.1) is 0 Å². The lowest BCUT2D eigenvalue weighted by Crippen LogP contribution is -2.16. The highest BCUT2D eigenvalue weighted by Crippen LogP contribution is 2.22. The molecule has 21 heavy (non-hydrogen) atoms. The molecule has 0 heterocycles. The fourth-order valence-corrected chi connectivity index (χ4v) is 2.05. The van der Waals surface area contributed by atoms with Crippen molar-refractivity contribution < 1.29 is 9.53 Å². The molecule has 2 N–H and O–H groups in total. The Morgan fingerprint density at radius 3 is 2.71 bits per heavy atom. The highest BCUT2D eigenvalue weighted by Gasteiger charge is 2.04. The second kappa shape index (κ2) is 7.33. The number of methoxy groups -OCH3 is 1. The standard InChI is InChI=1S/C17H20N2O2/c1-13-6-5-7-14(12-13)19-17(20)10-11-18-15-8-3-4-9-16(15)21-2/h3-9,12,18H,10-11H2,1-2H3,(H,19,20). The van der Waals surface area contributed by atoms with Crippen molar-refractivity contribution >= 4 is 17.3 Å². The first-order valence-corrected chi connectivity index (χ1v) is 6.92. The lowest BCUT2D eigenvalue weighted by Gasteiger charge is -2.11. The molecule has 0 fully saturated rings. The van der Waals surface area contributed by atoms with Crippen LogP contribution in [0.5, 0.6) is 5.75 Å². The number of rotatable bonds is 6. The number of carbonyl (C=O) groups is 1. The molecule has 0 bridgehead atoms. The van der Waals surface area contributed by atoms with Crippen LogP contribution in [0.3, 0.4) is 0 Å². The number of carbonyl (C=O) groups excluding carboxylic acids is 1. The summed E-state index contributed by atoms with van der Waals surface area (Å²) in [6.07, 6.45) is 0.395. The van der Waals surface area contributed by atoms with Gasteiger partial charge in [-0.1, -0.05) is 24.3 Å². The molecule has 0 unspecified atom stereocenters. The summed E-state index contributed by atoms with van der Waals surface area (Å²) in [4.78, 5) is 11.9. The molecule has 2 rings (SSSR count). The number of benzene rings is 2. The first kappa shape index (κ1) is 14.9. The average molecular weight is 284 g/mol. The van der Waals surface area contributed by atoms with E-state index in [2.05, 4.69) is 10.6 Å². The lowest BCUT2D eigenvalue weighted by molar-refractivity contribution is -0.115. The normalized spacial score (nSPS) is 10.0. The van der Waals surface area contributed by atoms with Gasteiger partial charge in [-0.25, -0.2) is 0 Å². The molecular formula is C17H20N2O2. The van der Waals surface area contributed by atoms with E-state index in [1.165, 1.54) is 0 Å². The Hall–Kier alpha value is -2.49. The average Bonchev–Trinajstić information content (AvgIpc) is 2.47. The molecule has 4 heteroatoms. The summed E-state index contributed by atoms with van der Waals surface area (Å²) in [7, 11) is 1.63. The van der Waals surface area contributed by atoms with E-state index in [1.807, 2.05) is 55.5 Å². The van der Waals surface area contributed by atoms with Gasteiger partial charge in [0.1, 0.15) is 5.75 Å². The van der Waals surface area contributed by atoms with Crippen molar-refractivity contribution in [3.05, 3.63) is 54.1 Å². The second-order valence-corrected chi connectivity index (χ2v) is 4.79. The maximum absolute atomic E-state index is 11.9. The zero-order chi connectivity index (χ0) is 15.1. The van der Waals surface area contributed by atoms with Crippen molar-refractivity contribution in [2.75, 3.05) is 24.3 Å². The summed E-state index contributed by atoms with van der Waals surface area (Å²) in [6, 6.07) is 15.4. The fraction of sp³-hybridized carbons (Fsp3) is 0.235.